The van der Waals surface area contributed by atoms with Crippen molar-refractivity contribution >= 4 is 11.8 Å². The van der Waals surface area contributed by atoms with Gasteiger partial charge in [-0.15, -0.1) is 0 Å². The van der Waals surface area contributed by atoms with Gasteiger partial charge in [-0.3, -0.25) is 9.59 Å². The first-order valence-corrected chi connectivity index (χ1v) is 9.68. The molecular formula is C23H30N2O2. The zero-order chi connectivity index (χ0) is 19.6. The molecule has 1 unspecified atom stereocenters. The molecule has 27 heavy (non-hydrogen) atoms. The van der Waals surface area contributed by atoms with Crippen LogP contribution in [-0.2, 0) is 22.6 Å². The van der Waals surface area contributed by atoms with Crippen molar-refractivity contribution in [2.24, 2.45) is 0 Å². The molecule has 0 aliphatic heterocycles. The van der Waals surface area contributed by atoms with Crippen molar-refractivity contribution in [3.05, 3.63) is 71.3 Å². The van der Waals surface area contributed by atoms with Crippen LogP contribution >= 0.6 is 0 Å². The summed E-state index contributed by atoms with van der Waals surface area (Å²) in [7, 11) is 0. The van der Waals surface area contributed by atoms with Gasteiger partial charge in [0.05, 0.1) is 6.42 Å². The number of unbranched alkanes of at least 4 members (excludes halogenated alkanes) is 1. The number of benzene rings is 2. The number of hydrogen-bond acceptors (Lipinski definition) is 2. The van der Waals surface area contributed by atoms with Crippen LogP contribution in [0.15, 0.2) is 54.6 Å². The summed E-state index contributed by atoms with van der Waals surface area (Å²) < 4.78 is 0. The average molecular weight is 367 g/mol. The monoisotopic (exact) mass is 366 g/mol. The molecule has 2 aromatic carbocycles. The van der Waals surface area contributed by atoms with Crippen LogP contribution in [-0.4, -0.2) is 29.3 Å². The molecule has 0 spiro atoms. The number of nitrogens with zero attached hydrogens (tertiary/aromatic N) is 1. The standard InChI is InChI=1S/C23H30N2O2/c1-4-5-15-24-23(27)19(3)25(17-20-12-7-6-8-13-20)22(26)16-21-14-10-9-11-18(21)2/h6-14,19H,4-5,15-17H2,1-3H3,(H,24,27). The maximum Gasteiger partial charge on any atom is 0.242 e. The number of rotatable bonds is 9. The summed E-state index contributed by atoms with van der Waals surface area (Å²) in [6.45, 7) is 6.97. The highest BCUT2D eigenvalue weighted by Gasteiger charge is 2.26. The Morgan fingerprint density at radius 1 is 1.04 bits per heavy atom. The van der Waals surface area contributed by atoms with Gasteiger partial charge in [-0.2, -0.15) is 0 Å². The Kier molecular flexibility index (Phi) is 8.05. The first-order valence-electron chi connectivity index (χ1n) is 9.68. The minimum atomic E-state index is -0.515. The molecular weight excluding hydrogens is 336 g/mol. The Hall–Kier alpha value is -2.62. The maximum absolute atomic E-state index is 13.1. The molecule has 4 heteroatoms. The summed E-state index contributed by atoms with van der Waals surface area (Å²) in [5.74, 6) is -0.135. The lowest BCUT2D eigenvalue weighted by Crippen LogP contribution is -2.48. The Morgan fingerprint density at radius 2 is 1.70 bits per heavy atom. The Bertz CT molecular complexity index is 743. The van der Waals surface area contributed by atoms with E-state index in [2.05, 4.69) is 12.2 Å². The topological polar surface area (TPSA) is 49.4 Å². The quantitative estimate of drug-likeness (QED) is 0.685. The predicted molar refractivity (Wildman–Crippen MR) is 109 cm³/mol. The molecule has 144 valence electrons. The summed E-state index contributed by atoms with van der Waals surface area (Å²) in [5, 5.41) is 2.95. The van der Waals surface area contributed by atoms with Gasteiger partial charge in [0.1, 0.15) is 6.04 Å². The van der Waals surface area contributed by atoms with E-state index >= 15 is 0 Å². The third-order valence-electron chi connectivity index (χ3n) is 4.80. The number of amides is 2. The molecule has 0 radical (unpaired) electrons. The van der Waals surface area contributed by atoms with Gasteiger partial charge in [-0.25, -0.2) is 0 Å². The van der Waals surface area contributed by atoms with Crippen LogP contribution in [0.2, 0.25) is 0 Å². The van der Waals surface area contributed by atoms with Crippen molar-refractivity contribution in [3.63, 3.8) is 0 Å². The van der Waals surface area contributed by atoms with Gasteiger partial charge >= 0.3 is 0 Å². The van der Waals surface area contributed by atoms with E-state index in [0.29, 0.717) is 19.5 Å². The molecule has 0 saturated carbocycles. The second-order valence-electron chi connectivity index (χ2n) is 6.93. The molecule has 2 aromatic rings. The molecule has 0 bridgehead atoms. The third kappa shape index (κ3) is 6.24. The summed E-state index contributed by atoms with van der Waals surface area (Å²) in [4.78, 5) is 27.3. The van der Waals surface area contributed by atoms with Crippen molar-refractivity contribution in [2.75, 3.05) is 6.54 Å². The molecule has 0 aliphatic carbocycles. The van der Waals surface area contributed by atoms with Gasteiger partial charge in [0.15, 0.2) is 0 Å². The van der Waals surface area contributed by atoms with Crippen molar-refractivity contribution in [2.45, 2.75) is 52.6 Å². The fourth-order valence-corrected chi connectivity index (χ4v) is 2.97. The van der Waals surface area contributed by atoms with Gasteiger partial charge in [0.25, 0.3) is 0 Å². The molecule has 2 amide bonds. The van der Waals surface area contributed by atoms with E-state index in [-0.39, 0.29) is 11.8 Å². The fourth-order valence-electron chi connectivity index (χ4n) is 2.97. The van der Waals surface area contributed by atoms with Crippen molar-refractivity contribution in [1.82, 2.24) is 10.2 Å². The minimum Gasteiger partial charge on any atom is -0.354 e. The molecule has 2 rings (SSSR count). The number of carbonyl (C=O) groups excluding carboxylic acids is 2. The number of hydrogen-bond donors (Lipinski definition) is 1. The van der Waals surface area contributed by atoms with Crippen LogP contribution in [0, 0.1) is 6.92 Å². The normalized spacial score (nSPS) is 11.7. The Balaban J connectivity index is 2.16. The van der Waals surface area contributed by atoms with Gasteiger partial charge in [-0.1, -0.05) is 67.9 Å². The molecule has 0 aromatic heterocycles. The highest BCUT2D eigenvalue weighted by atomic mass is 16.2. The second-order valence-corrected chi connectivity index (χ2v) is 6.93. The van der Waals surface area contributed by atoms with E-state index in [9.17, 15) is 9.59 Å². The minimum absolute atomic E-state index is 0.0358. The lowest BCUT2D eigenvalue weighted by atomic mass is 10.0. The Morgan fingerprint density at radius 3 is 2.37 bits per heavy atom. The van der Waals surface area contributed by atoms with Crippen LogP contribution in [0.3, 0.4) is 0 Å². The van der Waals surface area contributed by atoms with Crippen LogP contribution in [0.1, 0.15) is 43.4 Å². The van der Waals surface area contributed by atoms with E-state index in [4.69, 9.17) is 0 Å². The molecule has 0 saturated heterocycles. The predicted octanol–water partition coefficient (Wildman–Crippen LogP) is 3.87. The first kappa shape index (κ1) is 20.7. The van der Waals surface area contributed by atoms with Crippen molar-refractivity contribution in [3.8, 4) is 0 Å². The average Bonchev–Trinajstić information content (AvgIpc) is 2.68. The van der Waals surface area contributed by atoms with Gasteiger partial charge < -0.3 is 10.2 Å². The fraction of sp³-hybridized carbons (Fsp3) is 0.391. The van der Waals surface area contributed by atoms with E-state index in [0.717, 1.165) is 29.5 Å². The molecule has 0 heterocycles. The SMILES string of the molecule is CCCCNC(=O)C(C)N(Cc1ccccc1)C(=O)Cc1ccccc1C. The lowest BCUT2D eigenvalue weighted by Gasteiger charge is -2.29. The number of nitrogens with one attached hydrogen (secondary N) is 1. The van der Waals surface area contributed by atoms with Crippen LogP contribution < -0.4 is 5.32 Å². The van der Waals surface area contributed by atoms with E-state index in [1.165, 1.54) is 0 Å². The van der Waals surface area contributed by atoms with E-state index < -0.39 is 6.04 Å². The zero-order valence-corrected chi connectivity index (χ0v) is 16.6. The number of aryl methyl sites for hydroxylation is 1. The Labute approximate surface area is 162 Å². The largest absolute Gasteiger partial charge is 0.354 e. The van der Waals surface area contributed by atoms with Gasteiger partial charge in [0, 0.05) is 13.1 Å². The highest BCUT2D eigenvalue weighted by Crippen LogP contribution is 2.14. The third-order valence-corrected chi connectivity index (χ3v) is 4.80. The summed E-state index contributed by atoms with van der Waals surface area (Å²) in [6.07, 6.45) is 2.26. The zero-order valence-electron chi connectivity index (χ0n) is 16.6. The molecule has 0 aliphatic rings. The maximum atomic E-state index is 13.1. The van der Waals surface area contributed by atoms with Gasteiger partial charge in [-0.05, 0) is 37.0 Å². The molecule has 1 atom stereocenters. The summed E-state index contributed by atoms with van der Waals surface area (Å²) in [5.41, 5.74) is 3.11. The van der Waals surface area contributed by atoms with Crippen molar-refractivity contribution < 1.29 is 9.59 Å². The summed E-state index contributed by atoms with van der Waals surface area (Å²) in [6, 6.07) is 17.2. The number of carbonyl (C=O) groups is 2. The van der Waals surface area contributed by atoms with Crippen LogP contribution in [0.5, 0.6) is 0 Å². The second kappa shape index (κ2) is 10.5. The van der Waals surface area contributed by atoms with E-state index in [1.807, 2.05) is 61.5 Å². The van der Waals surface area contributed by atoms with Crippen LogP contribution in [0.25, 0.3) is 0 Å². The van der Waals surface area contributed by atoms with Crippen molar-refractivity contribution in [1.29, 1.82) is 0 Å². The lowest BCUT2D eigenvalue weighted by molar-refractivity contribution is -0.140. The highest BCUT2D eigenvalue weighted by molar-refractivity contribution is 5.88. The van der Waals surface area contributed by atoms with E-state index in [1.54, 1.807) is 11.8 Å². The molecule has 4 nitrogen and oxygen atoms in total. The van der Waals surface area contributed by atoms with Gasteiger partial charge in [0.2, 0.25) is 11.8 Å². The summed E-state index contributed by atoms with van der Waals surface area (Å²) >= 11 is 0. The molecule has 0 fully saturated rings. The first-order chi connectivity index (χ1) is 13.0. The molecule has 1 N–H and O–H groups in total. The smallest absolute Gasteiger partial charge is 0.242 e. The van der Waals surface area contributed by atoms with Crippen LogP contribution in [0.4, 0.5) is 0 Å².